The van der Waals surface area contributed by atoms with Crippen molar-refractivity contribution in [3.8, 4) is 0 Å². The number of halogens is 1. The van der Waals surface area contributed by atoms with E-state index in [0.29, 0.717) is 6.54 Å². The van der Waals surface area contributed by atoms with E-state index in [1.807, 2.05) is 0 Å². The topological polar surface area (TPSA) is 64.4 Å². The van der Waals surface area contributed by atoms with Crippen LogP contribution in [0.15, 0.2) is 24.3 Å². The molecular weight excluding hydrogens is 288 g/mol. The lowest BCUT2D eigenvalue weighted by Crippen LogP contribution is -2.47. The standard InChI is InChI=1S/C16H24N2O2.ClH/c1-12-2-4-13(5-3-12)6-9-18-16(19)15(17)14-7-10-20-11-8-14;/h2-5,14-15H,6-11,17H2,1H3,(H,18,19);1H. The molecule has 0 bridgehead atoms. The molecule has 1 amide bonds. The molecule has 5 heteroatoms. The van der Waals surface area contributed by atoms with Gasteiger partial charge < -0.3 is 15.8 Å². The van der Waals surface area contributed by atoms with E-state index in [2.05, 4.69) is 36.5 Å². The molecule has 118 valence electrons. The molecule has 0 radical (unpaired) electrons. The average Bonchev–Trinajstić information content (AvgIpc) is 2.49. The van der Waals surface area contributed by atoms with Crippen LogP contribution in [-0.2, 0) is 16.0 Å². The van der Waals surface area contributed by atoms with Gasteiger partial charge in [0.15, 0.2) is 0 Å². The van der Waals surface area contributed by atoms with E-state index >= 15 is 0 Å². The van der Waals surface area contributed by atoms with Crippen molar-refractivity contribution in [1.82, 2.24) is 5.32 Å². The Bertz CT molecular complexity index is 430. The number of aryl methyl sites for hydroxylation is 1. The fraction of sp³-hybridized carbons (Fsp3) is 0.562. The Balaban J connectivity index is 0.00000220. The monoisotopic (exact) mass is 312 g/mol. The highest BCUT2D eigenvalue weighted by molar-refractivity contribution is 5.85. The summed E-state index contributed by atoms with van der Waals surface area (Å²) in [5, 5.41) is 2.94. The molecule has 1 aliphatic heterocycles. The number of hydrogen-bond acceptors (Lipinski definition) is 3. The number of amides is 1. The van der Waals surface area contributed by atoms with Gasteiger partial charge in [-0.25, -0.2) is 0 Å². The van der Waals surface area contributed by atoms with Gasteiger partial charge in [0, 0.05) is 19.8 Å². The molecule has 3 N–H and O–H groups in total. The zero-order valence-electron chi connectivity index (χ0n) is 12.5. The number of benzene rings is 1. The molecule has 1 unspecified atom stereocenters. The minimum absolute atomic E-state index is 0. The summed E-state index contributed by atoms with van der Waals surface area (Å²) in [5.74, 6) is 0.215. The first kappa shape index (κ1) is 18.0. The molecule has 2 rings (SSSR count). The van der Waals surface area contributed by atoms with Crippen molar-refractivity contribution in [3.05, 3.63) is 35.4 Å². The molecule has 4 nitrogen and oxygen atoms in total. The highest BCUT2D eigenvalue weighted by Crippen LogP contribution is 2.17. The molecule has 0 spiro atoms. The van der Waals surface area contributed by atoms with Gasteiger partial charge in [-0.1, -0.05) is 29.8 Å². The lowest BCUT2D eigenvalue weighted by atomic mass is 9.92. The van der Waals surface area contributed by atoms with Crippen LogP contribution in [0.25, 0.3) is 0 Å². The molecule has 21 heavy (non-hydrogen) atoms. The molecule has 1 aliphatic rings. The van der Waals surface area contributed by atoms with E-state index < -0.39 is 6.04 Å². The Morgan fingerprint density at radius 1 is 1.33 bits per heavy atom. The first-order valence-electron chi connectivity index (χ1n) is 7.33. The van der Waals surface area contributed by atoms with Crippen molar-refractivity contribution in [2.45, 2.75) is 32.2 Å². The van der Waals surface area contributed by atoms with Crippen LogP contribution in [0.3, 0.4) is 0 Å². The summed E-state index contributed by atoms with van der Waals surface area (Å²) < 4.78 is 5.29. The Morgan fingerprint density at radius 2 is 1.95 bits per heavy atom. The third kappa shape index (κ3) is 5.65. The predicted octanol–water partition coefficient (Wildman–Crippen LogP) is 1.83. The van der Waals surface area contributed by atoms with Crippen molar-refractivity contribution in [1.29, 1.82) is 0 Å². The highest BCUT2D eigenvalue weighted by atomic mass is 35.5. The number of nitrogens with two attached hydrogens (primary N) is 1. The maximum Gasteiger partial charge on any atom is 0.237 e. The Morgan fingerprint density at radius 3 is 2.57 bits per heavy atom. The van der Waals surface area contributed by atoms with Crippen molar-refractivity contribution >= 4 is 18.3 Å². The Hall–Kier alpha value is -1.10. The van der Waals surface area contributed by atoms with E-state index in [-0.39, 0.29) is 24.2 Å². The highest BCUT2D eigenvalue weighted by Gasteiger charge is 2.26. The number of carbonyl (C=O) groups excluding carboxylic acids is 1. The largest absolute Gasteiger partial charge is 0.381 e. The zero-order chi connectivity index (χ0) is 14.4. The van der Waals surface area contributed by atoms with Crippen LogP contribution in [0, 0.1) is 12.8 Å². The number of nitrogens with one attached hydrogen (secondary N) is 1. The third-order valence-electron chi connectivity index (χ3n) is 3.91. The van der Waals surface area contributed by atoms with Crippen LogP contribution >= 0.6 is 12.4 Å². The van der Waals surface area contributed by atoms with Gasteiger partial charge in [-0.2, -0.15) is 0 Å². The van der Waals surface area contributed by atoms with Gasteiger partial charge in [-0.3, -0.25) is 4.79 Å². The number of carbonyl (C=O) groups is 1. The van der Waals surface area contributed by atoms with Gasteiger partial charge >= 0.3 is 0 Å². The summed E-state index contributed by atoms with van der Waals surface area (Å²) in [7, 11) is 0. The second kappa shape index (κ2) is 9.03. The normalized spacial score (nSPS) is 16.9. The minimum Gasteiger partial charge on any atom is -0.381 e. The number of ether oxygens (including phenoxy) is 1. The molecule has 1 atom stereocenters. The summed E-state index contributed by atoms with van der Waals surface area (Å²) in [6.45, 7) is 4.14. The van der Waals surface area contributed by atoms with Gasteiger partial charge in [0.05, 0.1) is 6.04 Å². The van der Waals surface area contributed by atoms with Crippen molar-refractivity contribution in [2.24, 2.45) is 11.7 Å². The third-order valence-corrected chi connectivity index (χ3v) is 3.91. The molecule has 1 aromatic carbocycles. The van der Waals surface area contributed by atoms with E-state index in [1.54, 1.807) is 0 Å². The molecule has 1 aromatic rings. The summed E-state index contributed by atoms with van der Waals surface area (Å²) in [5.41, 5.74) is 8.51. The second-order valence-corrected chi connectivity index (χ2v) is 5.50. The van der Waals surface area contributed by atoms with Gasteiger partial charge in [-0.15, -0.1) is 12.4 Å². The minimum atomic E-state index is -0.406. The van der Waals surface area contributed by atoms with Crippen LogP contribution in [0.1, 0.15) is 24.0 Å². The van der Waals surface area contributed by atoms with E-state index in [1.165, 1.54) is 11.1 Å². The Labute approximate surface area is 132 Å². The predicted molar refractivity (Wildman–Crippen MR) is 86.7 cm³/mol. The zero-order valence-corrected chi connectivity index (χ0v) is 13.3. The molecule has 0 aromatic heterocycles. The molecule has 0 aliphatic carbocycles. The first-order valence-corrected chi connectivity index (χ1v) is 7.33. The maximum absolute atomic E-state index is 12.0. The summed E-state index contributed by atoms with van der Waals surface area (Å²) in [6, 6.07) is 7.97. The van der Waals surface area contributed by atoms with Gasteiger partial charge in [0.2, 0.25) is 5.91 Å². The van der Waals surface area contributed by atoms with Crippen LogP contribution in [-0.4, -0.2) is 31.7 Å². The molecule has 1 heterocycles. The average molecular weight is 313 g/mol. The molecular formula is C16H25ClN2O2. The molecule has 1 saturated heterocycles. The maximum atomic E-state index is 12.0. The van der Waals surface area contributed by atoms with E-state index in [4.69, 9.17) is 10.5 Å². The molecule has 0 saturated carbocycles. The molecule has 1 fully saturated rings. The van der Waals surface area contributed by atoms with Crippen molar-refractivity contribution in [3.63, 3.8) is 0 Å². The van der Waals surface area contributed by atoms with Crippen LogP contribution in [0.5, 0.6) is 0 Å². The van der Waals surface area contributed by atoms with Gasteiger partial charge in [0.1, 0.15) is 0 Å². The SMILES string of the molecule is Cc1ccc(CCNC(=O)C(N)C2CCOCC2)cc1.Cl. The first-order chi connectivity index (χ1) is 9.66. The van der Waals surface area contributed by atoms with E-state index in [9.17, 15) is 4.79 Å². The van der Waals surface area contributed by atoms with Gasteiger partial charge in [-0.05, 0) is 37.7 Å². The van der Waals surface area contributed by atoms with Crippen molar-refractivity contribution < 1.29 is 9.53 Å². The number of hydrogen-bond donors (Lipinski definition) is 2. The lowest BCUT2D eigenvalue weighted by Gasteiger charge is -2.26. The smallest absolute Gasteiger partial charge is 0.237 e. The second-order valence-electron chi connectivity index (χ2n) is 5.50. The summed E-state index contributed by atoms with van der Waals surface area (Å²) in [4.78, 5) is 12.0. The fourth-order valence-corrected chi connectivity index (χ4v) is 2.49. The van der Waals surface area contributed by atoms with Crippen LogP contribution in [0.4, 0.5) is 0 Å². The van der Waals surface area contributed by atoms with Crippen LogP contribution in [0.2, 0.25) is 0 Å². The summed E-state index contributed by atoms with van der Waals surface area (Å²) in [6.07, 6.45) is 2.60. The number of rotatable bonds is 5. The fourth-order valence-electron chi connectivity index (χ4n) is 2.49. The lowest BCUT2D eigenvalue weighted by molar-refractivity contribution is -0.124. The van der Waals surface area contributed by atoms with Gasteiger partial charge in [0.25, 0.3) is 0 Å². The van der Waals surface area contributed by atoms with Crippen LogP contribution < -0.4 is 11.1 Å². The quantitative estimate of drug-likeness (QED) is 0.872. The summed E-state index contributed by atoms with van der Waals surface area (Å²) >= 11 is 0. The Kier molecular flexibility index (Phi) is 7.72. The van der Waals surface area contributed by atoms with E-state index in [0.717, 1.165) is 32.5 Å². The van der Waals surface area contributed by atoms with Crippen molar-refractivity contribution in [2.75, 3.05) is 19.8 Å².